The lowest BCUT2D eigenvalue weighted by atomic mass is 10.0. The molecule has 1 heterocycles. The van der Waals surface area contributed by atoms with E-state index >= 15 is 0 Å². The van der Waals surface area contributed by atoms with Crippen LogP contribution in [0.15, 0.2) is 57.7 Å². The van der Waals surface area contributed by atoms with Gasteiger partial charge in [0.05, 0.1) is 15.8 Å². The van der Waals surface area contributed by atoms with Gasteiger partial charge in [-0.05, 0) is 36.8 Å². The molecule has 2 nitrogen and oxygen atoms in total. The van der Waals surface area contributed by atoms with E-state index in [0.717, 1.165) is 0 Å². The van der Waals surface area contributed by atoms with Crippen molar-refractivity contribution in [3.63, 3.8) is 0 Å². The van der Waals surface area contributed by atoms with Gasteiger partial charge in [-0.25, -0.2) is 4.39 Å². The lowest BCUT2D eigenvalue weighted by Crippen LogP contribution is -2.09. The molecule has 0 saturated carbocycles. The van der Waals surface area contributed by atoms with Gasteiger partial charge in [0.1, 0.15) is 17.2 Å². The van der Waals surface area contributed by atoms with Gasteiger partial charge in [0.15, 0.2) is 0 Å². The van der Waals surface area contributed by atoms with Crippen LogP contribution in [0.3, 0.4) is 0 Å². The van der Waals surface area contributed by atoms with Crippen LogP contribution in [-0.2, 0) is 0 Å². The first kappa shape index (κ1) is 14.0. The molecule has 2 aromatic carbocycles. The molecule has 3 aromatic rings. The van der Waals surface area contributed by atoms with E-state index in [1.54, 1.807) is 30.3 Å². The van der Waals surface area contributed by atoms with Crippen LogP contribution >= 0.6 is 15.9 Å². The third-order valence-electron chi connectivity index (χ3n) is 3.30. The normalized spacial score (nSPS) is 12.5. The van der Waals surface area contributed by atoms with Crippen molar-refractivity contribution in [3.8, 4) is 11.1 Å². The van der Waals surface area contributed by atoms with Gasteiger partial charge in [-0.1, -0.05) is 40.2 Å². The lowest BCUT2D eigenvalue weighted by molar-refractivity contribution is 0.544. The van der Waals surface area contributed by atoms with Gasteiger partial charge in [-0.2, -0.15) is 0 Å². The molecule has 0 saturated heterocycles. The highest BCUT2D eigenvalue weighted by atomic mass is 79.9. The number of fused-ring (bicyclic) bond motifs is 1. The molecule has 0 radical (unpaired) electrons. The molecule has 3 rings (SSSR count). The molecule has 0 bridgehead atoms. The summed E-state index contributed by atoms with van der Waals surface area (Å²) in [5.41, 5.74) is 1.31. The van der Waals surface area contributed by atoms with Gasteiger partial charge in [-0.3, -0.25) is 4.79 Å². The zero-order chi connectivity index (χ0) is 15.0. The van der Waals surface area contributed by atoms with Crippen LogP contribution in [0.2, 0.25) is 0 Å². The highest BCUT2D eigenvalue weighted by molar-refractivity contribution is 9.09. The molecule has 1 unspecified atom stereocenters. The number of hydrogen-bond donors (Lipinski definition) is 0. The molecular weight excluding hydrogens is 335 g/mol. The fraction of sp³-hybridized carbons (Fsp3) is 0.118. The van der Waals surface area contributed by atoms with Crippen LogP contribution in [0.1, 0.15) is 17.5 Å². The van der Waals surface area contributed by atoms with Crippen LogP contribution in [0.4, 0.5) is 4.39 Å². The molecule has 0 amide bonds. The predicted octanol–water partition coefficient (Wildman–Crippen LogP) is 5.06. The SMILES string of the molecule is CC(Br)c1oc2ccccc2c(=O)c1-c1cccc(F)c1. The molecule has 21 heavy (non-hydrogen) atoms. The first-order chi connectivity index (χ1) is 10.1. The summed E-state index contributed by atoms with van der Waals surface area (Å²) in [5, 5.41) is 0.494. The summed E-state index contributed by atoms with van der Waals surface area (Å²) in [5.74, 6) is 0.123. The summed E-state index contributed by atoms with van der Waals surface area (Å²) in [6.45, 7) is 1.87. The van der Waals surface area contributed by atoms with Crippen molar-refractivity contribution in [2.75, 3.05) is 0 Å². The highest BCUT2D eigenvalue weighted by Gasteiger charge is 2.19. The number of para-hydroxylation sites is 1. The van der Waals surface area contributed by atoms with Crippen LogP contribution in [0.25, 0.3) is 22.1 Å². The van der Waals surface area contributed by atoms with Crippen LogP contribution in [0.5, 0.6) is 0 Å². The molecule has 0 aliphatic carbocycles. The maximum Gasteiger partial charge on any atom is 0.200 e. The Balaban J connectivity index is 2.42. The Labute approximate surface area is 129 Å². The lowest BCUT2D eigenvalue weighted by Gasteiger charge is -2.12. The molecule has 0 spiro atoms. The van der Waals surface area contributed by atoms with Gasteiger partial charge in [0.25, 0.3) is 0 Å². The minimum atomic E-state index is -0.381. The fourth-order valence-corrected chi connectivity index (χ4v) is 2.68. The van der Waals surface area contributed by atoms with Gasteiger partial charge in [-0.15, -0.1) is 0 Å². The Hall–Kier alpha value is -1.94. The summed E-state index contributed by atoms with van der Waals surface area (Å²) in [4.78, 5) is 12.6. The van der Waals surface area contributed by atoms with Gasteiger partial charge < -0.3 is 4.42 Å². The Morgan fingerprint density at radius 1 is 1.14 bits per heavy atom. The summed E-state index contributed by atoms with van der Waals surface area (Å²) < 4.78 is 19.3. The number of benzene rings is 2. The van der Waals surface area contributed by atoms with Gasteiger partial charge in [0.2, 0.25) is 5.43 Å². The Kier molecular flexibility index (Phi) is 3.64. The topological polar surface area (TPSA) is 30.2 Å². The van der Waals surface area contributed by atoms with Gasteiger partial charge in [0, 0.05) is 0 Å². The largest absolute Gasteiger partial charge is 0.459 e. The van der Waals surface area contributed by atoms with E-state index in [9.17, 15) is 9.18 Å². The first-order valence-corrected chi connectivity index (χ1v) is 7.45. The van der Waals surface area contributed by atoms with E-state index in [1.165, 1.54) is 12.1 Å². The molecule has 106 valence electrons. The van der Waals surface area contributed by atoms with Crippen molar-refractivity contribution in [1.82, 2.24) is 0 Å². The summed E-state index contributed by atoms with van der Waals surface area (Å²) in [7, 11) is 0. The quantitative estimate of drug-likeness (QED) is 0.607. The number of halogens is 2. The summed E-state index contributed by atoms with van der Waals surface area (Å²) in [6, 6.07) is 13.1. The standard InChI is InChI=1S/C17H12BrFO2/c1-10(18)17-15(11-5-4-6-12(19)9-11)16(20)13-7-2-3-8-14(13)21-17/h2-10H,1H3. The van der Waals surface area contributed by atoms with E-state index in [1.807, 2.05) is 13.0 Å². The average Bonchev–Trinajstić information content (AvgIpc) is 2.47. The number of rotatable bonds is 2. The van der Waals surface area contributed by atoms with E-state index in [2.05, 4.69) is 15.9 Å². The summed E-state index contributed by atoms with van der Waals surface area (Å²) in [6.07, 6.45) is 0. The molecule has 0 N–H and O–H groups in total. The van der Waals surface area contributed by atoms with Crippen molar-refractivity contribution in [3.05, 3.63) is 70.3 Å². The van der Waals surface area contributed by atoms with Crippen LogP contribution in [0, 0.1) is 5.82 Å². The average molecular weight is 347 g/mol. The molecule has 4 heteroatoms. The second-order valence-electron chi connectivity index (χ2n) is 4.79. The smallest absolute Gasteiger partial charge is 0.200 e. The van der Waals surface area contributed by atoms with E-state index < -0.39 is 0 Å². The number of hydrogen-bond acceptors (Lipinski definition) is 2. The zero-order valence-corrected chi connectivity index (χ0v) is 12.9. The molecular formula is C17H12BrFO2. The minimum Gasteiger partial charge on any atom is -0.459 e. The van der Waals surface area contributed by atoms with E-state index in [4.69, 9.17) is 4.42 Å². The molecule has 1 atom stereocenters. The van der Waals surface area contributed by atoms with Gasteiger partial charge >= 0.3 is 0 Å². The summed E-state index contributed by atoms with van der Waals surface area (Å²) >= 11 is 3.44. The second kappa shape index (κ2) is 5.45. The van der Waals surface area contributed by atoms with Crippen molar-refractivity contribution in [1.29, 1.82) is 0 Å². The van der Waals surface area contributed by atoms with Crippen LogP contribution < -0.4 is 5.43 Å². The van der Waals surface area contributed by atoms with Crippen molar-refractivity contribution in [2.45, 2.75) is 11.8 Å². The fourth-order valence-electron chi connectivity index (χ4n) is 2.36. The maximum absolute atomic E-state index is 13.5. The Bertz CT molecular complexity index is 868. The predicted molar refractivity (Wildman–Crippen MR) is 85.2 cm³/mol. The third kappa shape index (κ3) is 2.51. The Morgan fingerprint density at radius 2 is 1.90 bits per heavy atom. The zero-order valence-electron chi connectivity index (χ0n) is 11.3. The second-order valence-corrected chi connectivity index (χ2v) is 6.17. The molecule has 0 fully saturated rings. The number of alkyl halides is 1. The molecule has 0 aliphatic heterocycles. The third-order valence-corrected chi connectivity index (χ3v) is 3.72. The van der Waals surface area contributed by atoms with Crippen molar-refractivity contribution >= 4 is 26.9 Å². The monoisotopic (exact) mass is 346 g/mol. The Morgan fingerprint density at radius 3 is 2.62 bits per heavy atom. The van der Waals surface area contributed by atoms with Crippen molar-refractivity contribution < 1.29 is 8.81 Å². The van der Waals surface area contributed by atoms with Crippen molar-refractivity contribution in [2.24, 2.45) is 0 Å². The first-order valence-electron chi connectivity index (χ1n) is 6.53. The molecule has 0 aliphatic rings. The minimum absolute atomic E-state index is 0.149. The van der Waals surface area contributed by atoms with Crippen LogP contribution in [-0.4, -0.2) is 0 Å². The van der Waals surface area contributed by atoms with E-state index in [-0.39, 0.29) is 16.1 Å². The van der Waals surface area contributed by atoms with E-state index in [0.29, 0.717) is 27.9 Å². The maximum atomic E-state index is 13.5. The molecule has 1 aromatic heterocycles. The highest BCUT2D eigenvalue weighted by Crippen LogP contribution is 2.32.